The van der Waals surface area contributed by atoms with E-state index in [0.717, 1.165) is 11.8 Å². The Morgan fingerprint density at radius 2 is 2.00 bits per heavy atom. The summed E-state index contributed by atoms with van der Waals surface area (Å²) in [5.41, 5.74) is 2.02. The lowest BCUT2D eigenvalue weighted by Crippen LogP contribution is -1.84. The summed E-state index contributed by atoms with van der Waals surface area (Å²) in [6.45, 7) is 1.75. The van der Waals surface area contributed by atoms with E-state index < -0.39 is 0 Å². The molecule has 3 heteroatoms. The van der Waals surface area contributed by atoms with Gasteiger partial charge in [-0.25, -0.2) is 0 Å². The lowest BCUT2D eigenvalue weighted by atomic mass is 10.1. The van der Waals surface area contributed by atoms with Gasteiger partial charge in [0.2, 0.25) is 0 Å². The minimum atomic E-state index is 0.524. The molecule has 0 aliphatic heterocycles. The Morgan fingerprint density at radius 1 is 1.29 bits per heavy atom. The first-order chi connectivity index (χ1) is 6.83. The number of hydrogen-bond donors (Lipinski definition) is 0. The molecule has 14 heavy (non-hydrogen) atoms. The van der Waals surface area contributed by atoms with Gasteiger partial charge in [0.15, 0.2) is 12.0 Å². The van der Waals surface area contributed by atoms with E-state index >= 15 is 0 Å². The SMILES string of the molecule is Cc1noc(-c2ccccc2)c1C=O. The van der Waals surface area contributed by atoms with E-state index in [4.69, 9.17) is 4.52 Å². The zero-order valence-electron chi connectivity index (χ0n) is 7.73. The van der Waals surface area contributed by atoms with Crippen LogP contribution in [0.2, 0.25) is 0 Å². The van der Waals surface area contributed by atoms with Crippen molar-refractivity contribution in [2.24, 2.45) is 0 Å². The molecule has 2 aromatic rings. The standard InChI is InChI=1S/C11H9NO2/c1-8-10(7-13)11(14-12-8)9-5-3-2-4-6-9/h2-7H,1H3. The fourth-order valence-electron chi connectivity index (χ4n) is 1.31. The van der Waals surface area contributed by atoms with E-state index in [1.807, 2.05) is 30.3 Å². The predicted molar refractivity (Wildman–Crippen MR) is 52.1 cm³/mol. The minimum absolute atomic E-state index is 0.524. The number of rotatable bonds is 2. The van der Waals surface area contributed by atoms with Crippen molar-refractivity contribution >= 4 is 6.29 Å². The highest BCUT2D eigenvalue weighted by Crippen LogP contribution is 2.24. The molecule has 0 spiro atoms. The van der Waals surface area contributed by atoms with Crippen molar-refractivity contribution in [2.75, 3.05) is 0 Å². The van der Waals surface area contributed by atoms with Crippen molar-refractivity contribution in [1.29, 1.82) is 0 Å². The van der Waals surface area contributed by atoms with Gasteiger partial charge in [0.25, 0.3) is 0 Å². The molecular formula is C11H9NO2. The predicted octanol–water partition coefficient (Wildman–Crippen LogP) is 2.46. The van der Waals surface area contributed by atoms with Crippen LogP contribution >= 0.6 is 0 Å². The number of carbonyl (C=O) groups excluding carboxylic acids is 1. The topological polar surface area (TPSA) is 43.1 Å². The molecule has 0 aliphatic rings. The third-order valence-corrected chi connectivity index (χ3v) is 2.06. The molecule has 0 atom stereocenters. The molecule has 0 saturated heterocycles. The molecule has 0 unspecified atom stereocenters. The highest BCUT2D eigenvalue weighted by Gasteiger charge is 2.13. The van der Waals surface area contributed by atoms with Crippen LogP contribution in [0.4, 0.5) is 0 Å². The molecule has 0 bridgehead atoms. The quantitative estimate of drug-likeness (QED) is 0.678. The number of aldehydes is 1. The molecule has 0 radical (unpaired) electrons. The fraction of sp³-hybridized carbons (Fsp3) is 0.0909. The Balaban J connectivity index is 2.57. The Kier molecular flexibility index (Phi) is 2.14. The average Bonchev–Trinajstić information content (AvgIpc) is 2.61. The van der Waals surface area contributed by atoms with E-state index in [1.165, 1.54) is 0 Å². The first-order valence-electron chi connectivity index (χ1n) is 4.30. The summed E-state index contributed by atoms with van der Waals surface area (Å²) in [6, 6.07) is 9.46. The maximum Gasteiger partial charge on any atom is 0.177 e. The number of benzene rings is 1. The summed E-state index contributed by atoms with van der Waals surface area (Å²) in [6.07, 6.45) is 0.772. The molecule has 1 heterocycles. The van der Waals surface area contributed by atoms with Crippen LogP contribution in [0, 0.1) is 6.92 Å². The monoisotopic (exact) mass is 187 g/mol. The third kappa shape index (κ3) is 1.33. The van der Waals surface area contributed by atoms with Crippen LogP contribution in [0.1, 0.15) is 16.1 Å². The minimum Gasteiger partial charge on any atom is -0.355 e. The molecule has 0 amide bonds. The van der Waals surface area contributed by atoms with Crippen molar-refractivity contribution in [3.63, 3.8) is 0 Å². The van der Waals surface area contributed by atoms with Crippen LogP contribution in [0.5, 0.6) is 0 Å². The second-order valence-corrected chi connectivity index (χ2v) is 2.99. The van der Waals surface area contributed by atoms with Gasteiger partial charge in [-0.3, -0.25) is 4.79 Å². The van der Waals surface area contributed by atoms with E-state index in [0.29, 0.717) is 17.0 Å². The number of hydrogen-bond acceptors (Lipinski definition) is 3. The zero-order valence-corrected chi connectivity index (χ0v) is 7.73. The van der Waals surface area contributed by atoms with Gasteiger partial charge in [0.1, 0.15) is 0 Å². The van der Waals surface area contributed by atoms with Crippen LogP contribution in [-0.2, 0) is 0 Å². The second-order valence-electron chi connectivity index (χ2n) is 2.99. The van der Waals surface area contributed by atoms with E-state index in [1.54, 1.807) is 6.92 Å². The number of aromatic nitrogens is 1. The molecule has 0 fully saturated rings. The first kappa shape index (κ1) is 8.69. The highest BCUT2D eigenvalue weighted by atomic mass is 16.5. The first-order valence-corrected chi connectivity index (χ1v) is 4.30. The Labute approximate surface area is 81.3 Å². The second kappa shape index (κ2) is 3.46. The van der Waals surface area contributed by atoms with Crippen LogP contribution < -0.4 is 0 Å². The van der Waals surface area contributed by atoms with E-state index in [-0.39, 0.29) is 0 Å². The van der Waals surface area contributed by atoms with Crippen LogP contribution in [0.25, 0.3) is 11.3 Å². The molecule has 0 saturated carbocycles. The molecular weight excluding hydrogens is 178 g/mol. The van der Waals surface area contributed by atoms with Gasteiger partial charge in [-0.05, 0) is 6.92 Å². The molecule has 1 aromatic heterocycles. The maximum absolute atomic E-state index is 10.8. The summed E-state index contributed by atoms with van der Waals surface area (Å²) in [4.78, 5) is 10.8. The van der Waals surface area contributed by atoms with Gasteiger partial charge in [-0.15, -0.1) is 0 Å². The van der Waals surface area contributed by atoms with Gasteiger partial charge in [-0.2, -0.15) is 0 Å². The van der Waals surface area contributed by atoms with Crippen LogP contribution in [0.15, 0.2) is 34.9 Å². The van der Waals surface area contributed by atoms with Gasteiger partial charge in [0, 0.05) is 5.56 Å². The number of nitrogens with zero attached hydrogens (tertiary/aromatic N) is 1. The summed E-state index contributed by atoms with van der Waals surface area (Å²) >= 11 is 0. The fourth-order valence-corrected chi connectivity index (χ4v) is 1.31. The third-order valence-electron chi connectivity index (χ3n) is 2.06. The van der Waals surface area contributed by atoms with Crippen molar-refractivity contribution in [2.45, 2.75) is 6.92 Å². The largest absolute Gasteiger partial charge is 0.355 e. The summed E-state index contributed by atoms with van der Waals surface area (Å²) in [7, 11) is 0. The summed E-state index contributed by atoms with van der Waals surface area (Å²) in [5, 5.41) is 3.76. The van der Waals surface area contributed by atoms with Crippen LogP contribution in [0.3, 0.4) is 0 Å². The van der Waals surface area contributed by atoms with Gasteiger partial charge < -0.3 is 4.52 Å². The summed E-state index contributed by atoms with van der Waals surface area (Å²) < 4.78 is 5.09. The number of aryl methyl sites for hydroxylation is 1. The van der Waals surface area contributed by atoms with Crippen molar-refractivity contribution in [3.05, 3.63) is 41.6 Å². The van der Waals surface area contributed by atoms with E-state index in [9.17, 15) is 4.79 Å². The Hall–Kier alpha value is -1.90. The average molecular weight is 187 g/mol. The smallest absolute Gasteiger partial charge is 0.177 e. The molecule has 0 aliphatic carbocycles. The van der Waals surface area contributed by atoms with E-state index in [2.05, 4.69) is 5.16 Å². The molecule has 2 rings (SSSR count). The van der Waals surface area contributed by atoms with Crippen LogP contribution in [-0.4, -0.2) is 11.4 Å². The molecule has 0 N–H and O–H groups in total. The van der Waals surface area contributed by atoms with Gasteiger partial charge >= 0.3 is 0 Å². The molecule has 70 valence electrons. The Morgan fingerprint density at radius 3 is 2.64 bits per heavy atom. The maximum atomic E-state index is 10.8. The van der Waals surface area contributed by atoms with Crippen molar-refractivity contribution < 1.29 is 9.32 Å². The highest BCUT2D eigenvalue weighted by molar-refractivity contribution is 5.86. The lowest BCUT2D eigenvalue weighted by Gasteiger charge is -1.94. The molecule has 1 aromatic carbocycles. The lowest BCUT2D eigenvalue weighted by molar-refractivity contribution is 0.112. The normalized spacial score (nSPS) is 10.1. The zero-order chi connectivity index (χ0) is 9.97. The summed E-state index contributed by atoms with van der Waals surface area (Å²) in [5.74, 6) is 0.540. The Bertz CT molecular complexity index is 446. The molecule has 3 nitrogen and oxygen atoms in total. The van der Waals surface area contributed by atoms with Crippen molar-refractivity contribution in [1.82, 2.24) is 5.16 Å². The number of carbonyl (C=O) groups is 1. The van der Waals surface area contributed by atoms with Crippen molar-refractivity contribution in [3.8, 4) is 11.3 Å². The van der Waals surface area contributed by atoms with Gasteiger partial charge in [0.05, 0.1) is 11.3 Å². The van der Waals surface area contributed by atoms with Gasteiger partial charge in [-0.1, -0.05) is 35.5 Å².